The van der Waals surface area contributed by atoms with Crippen molar-refractivity contribution in [1.29, 1.82) is 0 Å². The number of hydrogen-bond donors (Lipinski definition) is 0. The molecular weight excluding hydrogens is 152 g/mol. The number of hydrogen-bond acceptors (Lipinski definition) is 0. The van der Waals surface area contributed by atoms with E-state index < -0.39 is 0 Å². The molecule has 0 saturated heterocycles. The van der Waals surface area contributed by atoms with Crippen molar-refractivity contribution < 1.29 is 0 Å². The Bertz CT molecular complexity index is 42.1. The van der Waals surface area contributed by atoms with Gasteiger partial charge >= 0.3 is 0 Å². The van der Waals surface area contributed by atoms with Crippen LogP contribution in [0.1, 0.15) is 26.7 Å². The van der Waals surface area contributed by atoms with Crippen molar-refractivity contribution in [3.8, 4) is 0 Å². The molecule has 0 heterocycles. The molecule has 0 spiro atoms. The van der Waals surface area contributed by atoms with Gasteiger partial charge in [-0.15, -0.1) is 0 Å². The van der Waals surface area contributed by atoms with Gasteiger partial charge in [0.2, 0.25) is 0 Å². The van der Waals surface area contributed by atoms with Crippen molar-refractivity contribution in [2.75, 3.05) is 0 Å². The highest BCUT2D eigenvalue weighted by atomic mass is 79.9. The van der Waals surface area contributed by atoms with Crippen molar-refractivity contribution in [3.63, 3.8) is 0 Å². The summed E-state index contributed by atoms with van der Waals surface area (Å²) in [5.41, 5.74) is 0. The fourth-order valence-electron chi connectivity index (χ4n) is 0.177. The van der Waals surface area contributed by atoms with Crippen molar-refractivity contribution in [2.45, 2.75) is 31.0 Å². The van der Waals surface area contributed by atoms with Gasteiger partial charge in [-0.3, -0.25) is 0 Å². The van der Waals surface area contributed by atoms with Crippen LogP contribution in [0.15, 0.2) is 0 Å². The van der Waals surface area contributed by atoms with E-state index in [0.29, 0.717) is 0 Å². The molecule has 0 saturated carbocycles. The van der Waals surface area contributed by atoms with Gasteiger partial charge in [-0.2, -0.15) is 0 Å². The highest BCUT2D eigenvalue weighted by Gasteiger charge is 2.12. The minimum atomic E-state index is 0.285. The van der Waals surface area contributed by atoms with E-state index in [-0.39, 0.29) is 4.32 Å². The lowest BCUT2D eigenvalue weighted by molar-refractivity contribution is 0.642. The molecule has 0 fully saturated rings. The third-order valence-electron chi connectivity index (χ3n) is 1.26. The summed E-state index contributed by atoms with van der Waals surface area (Å²) in [5, 5.41) is 0. The Hall–Kier alpha value is 0.480. The maximum absolute atomic E-state index is 3.78. The van der Waals surface area contributed by atoms with Crippen LogP contribution < -0.4 is 0 Å². The van der Waals surface area contributed by atoms with Crippen molar-refractivity contribution >= 4 is 15.9 Å². The van der Waals surface area contributed by atoms with Crippen LogP contribution in [0.5, 0.6) is 0 Å². The molecule has 0 rings (SSSR count). The lowest BCUT2D eigenvalue weighted by Gasteiger charge is -2.15. The van der Waals surface area contributed by atoms with Gasteiger partial charge in [0.15, 0.2) is 0 Å². The van der Waals surface area contributed by atoms with E-state index >= 15 is 0 Å². The smallest absolute Gasteiger partial charge is 0.0227 e. The number of halogens is 1. The zero-order valence-electron chi connectivity index (χ0n) is 5.00. The van der Waals surface area contributed by atoms with Crippen LogP contribution in [0.3, 0.4) is 0 Å². The Morgan fingerprint density at radius 3 is 2.14 bits per heavy atom. The molecular formula is C6H12Br. The molecule has 0 N–H and O–H groups in total. The van der Waals surface area contributed by atoms with E-state index in [9.17, 15) is 0 Å². The largest absolute Gasteiger partial charge is 0.0856 e. The first kappa shape index (κ1) is 7.48. The molecule has 0 aliphatic rings. The summed E-state index contributed by atoms with van der Waals surface area (Å²) in [5.74, 6) is 0. The van der Waals surface area contributed by atoms with Crippen molar-refractivity contribution in [1.82, 2.24) is 0 Å². The predicted octanol–water partition coefficient (Wildman–Crippen LogP) is 2.77. The van der Waals surface area contributed by atoms with Crippen LogP contribution >= 0.6 is 15.9 Å². The fraction of sp³-hybridized carbons (Fsp3) is 0.833. The third-order valence-corrected chi connectivity index (χ3v) is 2.22. The van der Waals surface area contributed by atoms with Gasteiger partial charge in [-0.05, 0) is 19.8 Å². The normalized spacial score (nSPS) is 12.0. The van der Waals surface area contributed by atoms with Gasteiger partial charge in [0.1, 0.15) is 0 Å². The molecule has 0 aromatic rings. The minimum Gasteiger partial charge on any atom is -0.0856 e. The molecule has 7 heavy (non-hydrogen) atoms. The van der Waals surface area contributed by atoms with Gasteiger partial charge in [-0.1, -0.05) is 29.8 Å². The van der Waals surface area contributed by atoms with E-state index in [2.05, 4.69) is 36.7 Å². The molecule has 0 nitrogen and oxygen atoms in total. The average molecular weight is 164 g/mol. The van der Waals surface area contributed by atoms with Crippen LogP contribution in [0.2, 0.25) is 0 Å². The summed E-state index contributed by atoms with van der Waals surface area (Å²) >= 11 is 3.52. The SMILES string of the molecule is [CH2]CC(C)(Br)CC. The van der Waals surface area contributed by atoms with E-state index in [1.807, 2.05) is 0 Å². The summed E-state index contributed by atoms with van der Waals surface area (Å²) in [6.45, 7) is 8.09. The summed E-state index contributed by atoms with van der Waals surface area (Å²) < 4.78 is 0.285. The third kappa shape index (κ3) is 3.10. The monoisotopic (exact) mass is 163 g/mol. The fourth-order valence-corrected chi connectivity index (χ4v) is 0.177. The zero-order valence-corrected chi connectivity index (χ0v) is 6.59. The van der Waals surface area contributed by atoms with Crippen LogP contribution in [-0.4, -0.2) is 4.32 Å². The molecule has 43 valence electrons. The van der Waals surface area contributed by atoms with Crippen molar-refractivity contribution in [3.05, 3.63) is 6.92 Å². The topological polar surface area (TPSA) is 0 Å². The van der Waals surface area contributed by atoms with E-state index in [0.717, 1.165) is 12.8 Å². The second-order valence-corrected chi connectivity index (χ2v) is 3.93. The van der Waals surface area contributed by atoms with E-state index in [4.69, 9.17) is 0 Å². The van der Waals surface area contributed by atoms with Crippen LogP contribution in [-0.2, 0) is 0 Å². The average Bonchev–Trinajstić information content (AvgIpc) is 1.68. The molecule has 0 aromatic carbocycles. The molecule has 1 unspecified atom stereocenters. The van der Waals surface area contributed by atoms with Crippen LogP contribution in [0.4, 0.5) is 0 Å². The Morgan fingerprint density at radius 2 is 2.14 bits per heavy atom. The first-order valence-electron chi connectivity index (χ1n) is 2.60. The predicted molar refractivity (Wildman–Crippen MR) is 37.6 cm³/mol. The number of alkyl halides is 1. The standard InChI is InChI=1S/C6H12Br/c1-4-6(3,7)5-2/h1,4-5H2,2-3H3. The first-order chi connectivity index (χ1) is 3.12. The van der Waals surface area contributed by atoms with Gasteiger partial charge in [-0.25, -0.2) is 0 Å². The van der Waals surface area contributed by atoms with Crippen LogP contribution in [0.25, 0.3) is 0 Å². The minimum absolute atomic E-state index is 0.285. The molecule has 1 radical (unpaired) electrons. The maximum Gasteiger partial charge on any atom is 0.0227 e. The van der Waals surface area contributed by atoms with Gasteiger partial charge < -0.3 is 0 Å². The highest BCUT2D eigenvalue weighted by Crippen LogP contribution is 2.24. The summed E-state index contributed by atoms with van der Waals surface area (Å²) in [6, 6.07) is 0. The van der Waals surface area contributed by atoms with Gasteiger partial charge in [0.05, 0.1) is 0 Å². The van der Waals surface area contributed by atoms with E-state index in [1.54, 1.807) is 0 Å². The van der Waals surface area contributed by atoms with Crippen molar-refractivity contribution in [2.24, 2.45) is 0 Å². The lowest BCUT2D eigenvalue weighted by Crippen LogP contribution is -2.10. The molecule has 0 amide bonds. The zero-order chi connectivity index (χ0) is 5.91. The lowest BCUT2D eigenvalue weighted by atomic mass is 10.1. The molecule has 0 bridgehead atoms. The quantitative estimate of drug-likeness (QED) is 0.550. The second kappa shape index (κ2) is 2.71. The Balaban J connectivity index is 3.36. The van der Waals surface area contributed by atoms with Crippen LogP contribution in [0, 0.1) is 6.92 Å². The molecule has 0 aliphatic carbocycles. The first-order valence-corrected chi connectivity index (χ1v) is 3.40. The second-order valence-electron chi connectivity index (χ2n) is 2.02. The maximum atomic E-state index is 3.78. The molecule has 1 atom stereocenters. The summed E-state index contributed by atoms with van der Waals surface area (Å²) in [6.07, 6.45) is 2.11. The Labute approximate surface area is 54.4 Å². The Morgan fingerprint density at radius 1 is 1.71 bits per heavy atom. The van der Waals surface area contributed by atoms with E-state index in [1.165, 1.54) is 0 Å². The molecule has 0 aromatic heterocycles. The highest BCUT2D eigenvalue weighted by molar-refractivity contribution is 9.10. The summed E-state index contributed by atoms with van der Waals surface area (Å²) in [4.78, 5) is 0. The Kier molecular flexibility index (Phi) is 2.89. The molecule has 0 aliphatic heterocycles. The van der Waals surface area contributed by atoms with Gasteiger partial charge in [0, 0.05) is 4.32 Å². The summed E-state index contributed by atoms with van der Waals surface area (Å²) in [7, 11) is 0. The van der Waals surface area contributed by atoms with Gasteiger partial charge in [0.25, 0.3) is 0 Å². The number of rotatable bonds is 2. The molecule has 1 heteroatoms.